The van der Waals surface area contributed by atoms with Crippen molar-refractivity contribution in [3.63, 3.8) is 0 Å². The molecule has 5 nitrogen and oxygen atoms in total. The van der Waals surface area contributed by atoms with E-state index in [2.05, 4.69) is 0 Å². The summed E-state index contributed by atoms with van der Waals surface area (Å²) < 4.78 is 1.40. The second kappa shape index (κ2) is 4.71. The fourth-order valence-corrected chi connectivity index (χ4v) is 1.55. The second-order valence-electron chi connectivity index (χ2n) is 4.84. The molecule has 0 fully saturated rings. The zero-order valence-corrected chi connectivity index (χ0v) is 10.6. The van der Waals surface area contributed by atoms with Crippen LogP contribution in [0, 0.1) is 0 Å². The van der Waals surface area contributed by atoms with Crippen molar-refractivity contribution in [1.82, 2.24) is 9.47 Å². The van der Waals surface area contributed by atoms with Gasteiger partial charge in [-0.05, 0) is 19.9 Å². The van der Waals surface area contributed by atoms with Crippen LogP contribution in [0.3, 0.4) is 0 Å². The van der Waals surface area contributed by atoms with Crippen molar-refractivity contribution in [2.75, 3.05) is 13.6 Å². The summed E-state index contributed by atoms with van der Waals surface area (Å²) in [6.45, 7) is 3.46. The molecule has 0 unspecified atom stereocenters. The van der Waals surface area contributed by atoms with Gasteiger partial charge in [-0.15, -0.1) is 0 Å². The molecule has 5 heteroatoms. The lowest BCUT2D eigenvalue weighted by atomic mass is 10.1. The molecular weight excluding hydrogens is 220 g/mol. The maximum atomic E-state index is 12.0. The zero-order valence-electron chi connectivity index (χ0n) is 10.6. The molecule has 0 spiro atoms. The van der Waals surface area contributed by atoms with Gasteiger partial charge in [-0.2, -0.15) is 0 Å². The van der Waals surface area contributed by atoms with E-state index in [0.29, 0.717) is 5.56 Å². The summed E-state index contributed by atoms with van der Waals surface area (Å²) in [5.41, 5.74) is -0.850. The van der Waals surface area contributed by atoms with Crippen LogP contribution >= 0.6 is 0 Å². The van der Waals surface area contributed by atoms with Crippen LogP contribution in [0.5, 0.6) is 0 Å². The molecule has 0 aliphatic carbocycles. The molecule has 0 bridgehead atoms. The Morgan fingerprint density at radius 2 is 2.12 bits per heavy atom. The van der Waals surface area contributed by atoms with Gasteiger partial charge in [-0.25, -0.2) is 0 Å². The predicted octanol–water partition coefficient (Wildman–Crippen LogP) is 0.228. The number of nitrogens with zero attached hydrogens (tertiary/aromatic N) is 2. The average molecular weight is 238 g/mol. The SMILES string of the molecule is CN(CC(C)(C)O)C(=O)c1ccn(C)c(=O)c1. The van der Waals surface area contributed by atoms with Gasteiger partial charge >= 0.3 is 0 Å². The molecule has 0 saturated heterocycles. The summed E-state index contributed by atoms with van der Waals surface area (Å²) in [4.78, 5) is 24.7. The number of aliphatic hydroxyl groups is 1. The highest BCUT2D eigenvalue weighted by Crippen LogP contribution is 2.07. The van der Waals surface area contributed by atoms with Gasteiger partial charge in [0.05, 0.1) is 5.60 Å². The number of carbonyl (C=O) groups is 1. The summed E-state index contributed by atoms with van der Waals surface area (Å²) >= 11 is 0. The van der Waals surface area contributed by atoms with Gasteiger partial charge in [0, 0.05) is 38.5 Å². The van der Waals surface area contributed by atoms with Gasteiger partial charge in [0.1, 0.15) is 0 Å². The summed E-state index contributed by atoms with van der Waals surface area (Å²) in [6.07, 6.45) is 1.55. The quantitative estimate of drug-likeness (QED) is 0.820. The van der Waals surface area contributed by atoms with Crippen LogP contribution in [0.25, 0.3) is 0 Å². The fourth-order valence-electron chi connectivity index (χ4n) is 1.55. The lowest BCUT2D eigenvalue weighted by molar-refractivity contribution is 0.0367. The molecule has 1 aromatic heterocycles. The third-order valence-electron chi connectivity index (χ3n) is 2.32. The van der Waals surface area contributed by atoms with Gasteiger partial charge in [0.2, 0.25) is 0 Å². The number of rotatable bonds is 3. The number of pyridine rings is 1. The summed E-state index contributed by atoms with van der Waals surface area (Å²) in [6, 6.07) is 2.88. The molecule has 1 amide bonds. The summed E-state index contributed by atoms with van der Waals surface area (Å²) in [5, 5.41) is 9.62. The minimum Gasteiger partial charge on any atom is -0.389 e. The second-order valence-corrected chi connectivity index (χ2v) is 4.84. The zero-order chi connectivity index (χ0) is 13.2. The van der Waals surface area contributed by atoms with E-state index in [1.54, 1.807) is 40.2 Å². The first-order chi connectivity index (χ1) is 7.70. The fraction of sp³-hybridized carbons (Fsp3) is 0.500. The molecule has 0 saturated carbocycles. The number of amides is 1. The first-order valence-electron chi connectivity index (χ1n) is 5.35. The summed E-state index contributed by atoms with van der Waals surface area (Å²) in [5.74, 6) is -0.273. The molecule has 0 aromatic carbocycles. The minimum atomic E-state index is -0.954. The number of aryl methyl sites for hydroxylation is 1. The van der Waals surface area contributed by atoms with Gasteiger partial charge in [-0.3, -0.25) is 9.59 Å². The van der Waals surface area contributed by atoms with E-state index in [0.717, 1.165) is 0 Å². The van der Waals surface area contributed by atoms with Crippen molar-refractivity contribution in [2.45, 2.75) is 19.4 Å². The first kappa shape index (κ1) is 13.4. The first-order valence-corrected chi connectivity index (χ1v) is 5.35. The molecule has 1 heterocycles. The maximum Gasteiger partial charge on any atom is 0.253 e. The van der Waals surface area contributed by atoms with Crippen LogP contribution < -0.4 is 5.56 Å². The van der Waals surface area contributed by atoms with Gasteiger partial charge in [0.15, 0.2) is 0 Å². The van der Waals surface area contributed by atoms with Crippen LogP contribution in [0.15, 0.2) is 23.1 Å². The molecule has 1 aromatic rings. The molecule has 0 aliphatic rings. The molecule has 1 rings (SSSR count). The summed E-state index contributed by atoms with van der Waals surface area (Å²) in [7, 11) is 3.22. The topological polar surface area (TPSA) is 62.5 Å². The number of likely N-dealkylation sites (N-methyl/N-ethyl adjacent to an activating group) is 1. The lowest BCUT2D eigenvalue weighted by Gasteiger charge is -2.25. The van der Waals surface area contributed by atoms with Gasteiger partial charge in [0.25, 0.3) is 11.5 Å². The Labute approximate surface area is 100 Å². The molecule has 0 atom stereocenters. The van der Waals surface area contributed by atoms with E-state index in [1.807, 2.05) is 0 Å². The Morgan fingerprint density at radius 3 is 2.59 bits per heavy atom. The lowest BCUT2D eigenvalue weighted by Crippen LogP contribution is -2.40. The van der Waals surface area contributed by atoms with Crippen molar-refractivity contribution < 1.29 is 9.90 Å². The highest BCUT2D eigenvalue weighted by Gasteiger charge is 2.20. The smallest absolute Gasteiger partial charge is 0.253 e. The Kier molecular flexibility index (Phi) is 3.72. The third-order valence-corrected chi connectivity index (χ3v) is 2.32. The normalized spacial score (nSPS) is 11.4. The van der Waals surface area contributed by atoms with Crippen molar-refractivity contribution >= 4 is 5.91 Å². The Morgan fingerprint density at radius 1 is 1.53 bits per heavy atom. The van der Waals surface area contributed by atoms with E-state index in [9.17, 15) is 14.7 Å². The van der Waals surface area contributed by atoms with E-state index in [-0.39, 0.29) is 18.0 Å². The number of carbonyl (C=O) groups excluding carboxylic acids is 1. The largest absolute Gasteiger partial charge is 0.389 e. The standard InChI is InChI=1S/C12H18N2O3/c1-12(2,17)8-14(4)11(16)9-5-6-13(3)10(15)7-9/h5-7,17H,8H2,1-4H3. The van der Waals surface area contributed by atoms with Crippen LogP contribution in [-0.2, 0) is 7.05 Å². The Balaban J connectivity index is 2.89. The maximum absolute atomic E-state index is 12.0. The highest BCUT2D eigenvalue weighted by atomic mass is 16.3. The van der Waals surface area contributed by atoms with Crippen molar-refractivity contribution in [2.24, 2.45) is 7.05 Å². The molecule has 17 heavy (non-hydrogen) atoms. The van der Waals surface area contributed by atoms with Crippen LogP contribution in [-0.4, -0.2) is 39.7 Å². The van der Waals surface area contributed by atoms with Crippen molar-refractivity contribution in [3.05, 3.63) is 34.2 Å². The molecular formula is C12H18N2O3. The van der Waals surface area contributed by atoms with Crippen molar-refractivity contribution in [3.8, 4) is 0 Å². The van der Waals surface area contributed by atoms with Gasteiger partial charge < -0.3 is 14.6 Å². The van der Waals surface area contributed by atoms with Crippen LogP contribution in [0.1, 0.15) is 24.2 Å². The van der Waals surface area contributed by atoms with E-state index in [1.165, 1.54) is 15.5 Å². The molecule has 0 radical (unpaired) electrons. The Bertz CT molecular complexity index is 471. The Hall–Kier alpha value is -1.62. The van der Waals surface area contributed by atoms with Crippen LogP contribution in [0.2, 0.25) is 0 Å². The third kappa shape index (κ3) is 3.71. The number of hydrogen-bond donors (Lipinski definition) is 1. The van der Waals surface area contributed by atoms with Crippen LogP contribution in [0.4, 0.5) is 0 Å². The average Bonchev–Trinajstić information content (AvgIpc) is 2.18. The van der Waals surface area contributed by atoms with E-state index >= 15 is 0 Å². The van der Waals surface area contributed by atoms with Crippen molar-refractivity contribution in [1.29, 1.82) is 0 Å². The monoisotopic (exact) mass is 238 g/mol. The molecule has 1 N–H and O–H groups in total. The molecule has 94 valence electrons. The van der Waals surface area contributed by atoms with Gasteiger partial charge in [-0.1, -0.05) is 0 Å². The minimum absolute atomic E-state index is 0.209. The highest BCUT2D eigenvalue weighted by molar-refractivity contribution is 5.93. The number of hydrogen-bond acceptors (Lipinski definition) is 3. The van der Waals surface area contributed by atoms with E-state index < -0.39 is 5.60 Å². The van der Waals surface area contributed by atoms with E-state index in [4.69, 9.17) is 0 Å². The predicted molar refractivity (Wildman–Crippen MR) is 64.9 cm³/mol. The molecule has 0 aliphatic heterocycles. The number of aromatic nitrogens is 1.